The summed E-state index contributed by atoms with van der Waals surface area (Å²) in [6.45, 7) is 1.39. The Balaban J connectivity index is 1.38. The van der Waals surface area contributed by atoms with Crippen LogP contribution < -0.4 is 20.3 Å². The first-order valence-corrected chi connectivity index (χ1v) is 13.0. The highest BCUT2D eigenvalue weighted by molar-refractivity contribution is 7.89. The first kappa shape index (κ1) is 24.9. The second kappa shape index (κ2) is 10.6. The van der Waals surface area contributed by atoms with Crippen molar-refractivity contribution in [3.8, 4) is 17.1 Å². The lowest BCUT2D eigenvalue weighted by molar-refractivity contribution is -0.118. The lowest BCUT2D eigenvalue weighted by Crippen LogP contribution is -2.32. The highest BCUT2D eigenvalue weighted by atomic mass is 35.5. The summed E-state index contributed by atoms with van der Waals surface area (Å²) >= 11 is 6.22. The summed E-state index contributed by atoms with van der Waals surface area (Å²) in [5.41, 5.74) is 1.44. The molecule has 1 amide bonds. The van der Waals surface area contributed by atoms with E-state index in [-0.39, 0.29) is 33.9 Å². The van der Waals surface area contributed by atoms with Crippen LogP contribution in [0.1, 0.15) is 31.4 Å². The Kier molecular flexibility index (Phi) is 7.54. The van der Waals surface area contributed by atoms with Crippen LogP contribution in [0.15, 0.2) is 58.2 Å². The summed E-state index contributed by atoms with van der Waals surface area (Å²) in [6.07, 6.45) is 3.67. The van der Waals surface area contributed by atoms with Gasteiger partial charge in [-0.05, 0) is 50.1 Å². The maximum Gasteiger partial charge on any atom is 0.262 e. The number of sulfonamides is 1. The van der Waals surface area contributed by atoms with E-state index in [4.69, 9.17) is 16.3 Å². The number of amides is 1. The van der Waals surface area contributed by atoms with E-state index in [1.54, 1.807) is 31.2 Å². The molecular weight excluding hydrogens is 492 g/mol. The van der Waals surface area contributed by atoms with E-state index in [1.165, 1.54) is 24.3 Å². The molecule has 1 aromatic heterocycles. The molecule has 184 valence electrons. The summed E-state index contributed by atoms with van der Waals surface area (Å²) in [5, 5.41) is 2.80. The minimum absolute atomic E-state index is 0.0471. The lowest BCUT2D eigenvalue weighted by Gasteiger charge is -2.14. The molecule has 0 atom stereocenters. The van der Waals surface area contributed by atoms with Crippen molar-refractivity contribution < 1.29 is 17.9 Å². The molecule has 2 aromatic carbocycles. The largest absolute Gasteiger partial charge is 0.482 e. The second-order valence-corrected chi connectivity index (χ2v) is 10.5. The Labute approximate surface area is 207 Å². The summed E-state index contributed by atoms with van der Waals surface area (Å²) in [5.74, 6) is 0.145. The van der Waals surface area contributed by atoms with Gasteiger partial charge in [0.05, 0.1) is 9.92 Å². The second-order valence-electron chi connectivity index (χ2n) is 8.35. The number of aryl methyl sites for hydroxylation is 1. The summed E-state index contributed by atoms with van der Waals surface area (Å²) < 4.78 is 33.4. The van der Waals surface area contributed by atoms with Gasteiger partial charge in [-0.1, -0.05) is 36.6 Å². The minimum Gasteiger partial charge on any atom is -0.482 e. The third-order valence-electron chi connectivity index (χ3n) is 5.54. The zero-order chi connectivity index (χ0) is 25.0. The number of carbonyl (C=O) groups is 1. The number of hydrogen-bond acceptors (Lipinski definition) is 6. The number of anilines is 1. The highest BCUT2D eigenvalue weighted by Gasteiger charge is 2.23. The fourth-order valence-corrected chi connectivity index (χ4v) is 5.53. The lowest BCUT2D eigenvalue weighted by atomic mass is 10.2. The van der Waals surface area contributed by atoms with Crippen molar-refractivity contribution in [3.05, 3.63) is 69.6 Å². The Bertz CT molecular complexity index is 1400. The molecule has 1 fully saturated rings. The van der Waals surface area contributed by atoms with Gasteiger partial charge < -0.3 is 15.0 Å². The number of carbonyl (C=O) groups excluding carboxylic acids is 1. The van der Waals surface area contributed by atoms with Gasteiger partial charge in [0.2, 0.25) is 10.0 Å². The normalized spacial score (nSPS) is 14.1. The molecule has 1 aliphatic rings. The molecule has 3 N–H and O–H groups in total. The molecule has 1 heterocycles. The average Bonchev–Trinajstić information content (AvgIpc) is 3.30. The topological polar surface area (TPSA) is 130 Å². The molecule has 9 nitrogen and oxygen atoms in total. The van der Waals surface area contributed by atoms with Crippen LogP contribution in [-0.2, 0) is 14.8 Å². The highest BCUT2D eigenvalue weighted by Crippen LogP contribution is 2.28. The Morgan fingerprint density at radius 1 is 1.17 bits per heavy atom. The van der Waals surface area contributed by atoms with Crippen LogP contribution in [0.5, 0.6) is 5.75 Å². The monoisotopic (exact) mass is 516 g/mol. The van der Waals surface area contributed by atoms with Crippen LogP contribution >= 0.6 is 11.6 Å². The number of hydrogen-bond donors (Lipinski definition) is 3. The molecular formula is C24H25ClN4O5S. The van der Waals surface area contributed by atoms with Crippen LogP contribution in [0.2, 0.25) is 5.02 Å². The predicted molar refractivity (Wildman–Crippen MR) is 133 cm³/mol. The van der Waals surface area contributed by atoms with Crippen LogP contribution in [0.3, 0.4) is 0 Å². The van der Waals surface area contributed by atoms with Gasteiger partial charge in [-0.15, -0.1) is 0 Å². The van der Waals surface area contributed by atoms with Gasteiger partial charge in [-0.25, -0.2) is 18.1 Å². The number of benzene rings is 2. The minimum atomic E-state index is -3.68. The van der Waals surface area contributed by atoms with Crippen LogP contribution in [0, 0.1) is 6.92 Å². The van der Waals surface area contributed by atoms with Gasteiger partial charge in [0.1, 0.15) is 11.6 Å². The molecule has 0 radical (unpaired) electrons. The third kappa shape index (κ3) is 6.47. The van der Waals surface area contributed by atoms with E-state index in [0.717, 1.165) is 25.7 Å². The molecule has 0 bridgehead atoms. The zero-order valence-corrected chi connectivity index (χ0v) is 20.6. The van der Waals surface area contributed by atoms with Crippen molar-refractivity contribution in [1.82, 2.24) is 14.7 Å². The van der Waals surface area contributed by atoms with E-state index in [1.807, 2.05) is 0 Å². The molecule has 3 aromatic rings. The van der Waals surface area contributed by atoms with Gasteiger partial charge in [0, 0.05) is 29.1 Å². The number of aromatic nitrogens is 2. The Morgan fingerprint density at radius 2 is 1.94 bits per heavy atom. The van der Waals surface area contributed by atoms with Crippen molar-refractivity contribution in [3.63, 3.8) is 0 Å². The first-order chi connectivity index (χ1) is 16.7. The van der Waals surface area contributed by atoms with Crippen LogP contribution in [0.4, 0.5) is 5.69 Å². The van der Waals surface area contributed by atoms with Crippen molar-refractivity contribution in [1.29, 1.82) is 0 Å². The van der Waals surface area contributed by atoms with Crippen molar-refractivity contribution in [2.75, 3.05) is 11.9 Å². The molecule has 4 rings (SSSR count). The van der Waals surface area contributed by atoms with E-state index in [0.29, 0.717) is 22.8 Å². The van der Waals surface area contributed by atoms with Gasteiger partial charge in [0.25, 0.3) is 11.5 Å². The van der Waals surface area contributed by atoms with Gasteiger partial charge >= 0.3 is 0 Å². The fourth-order valence-electron chi connectivity index (χ4n) is 3.90. The summed E-state index contributed by atoms with van der Waals surface area (Å²) in [7, 11) is -3.68. The zero-order valence-electron chi connectivity index (χ0n) is 19.0. The molecule has 0 unspecified atom stereocenters. The van der Waals surface area contributed by atoms with Gasteiger partial charge in [-0.3, -0.25) is 9.59 Å². The smallest absolute Gasteiger partial charge is 0.262 e. The molecule has 0 aliphatic heterocycles. The molecule has 35 heavy (non-hydrogen) atoms. The van der Waals surface area contributed by atoms with Crippen molar-refractivity contribution in [2.45, 2.75) is 43.5 Å². The Hall–Kier alpha value is -3.21. The Morgan fingerprint density at radius 3 is 2.66 bits per heavy atom. The summed E-state index contributed by atoms with van der Waals surface area (Å²) in [6, 6.07) is 12.3. The molecule has 0 saturated heterocycles. The summed E-state index contributed by atoms with van der Waals surface area (Å²) in [4.78, 5) is 31.2. The molecule has 11 heteroatoms. The SMILES string of the molecule is Cc1cc(=O)[nH]c(-c2cccc(NC(=O)COc3ccc(S(=O)(=O)NC4CCCC4)cc3Cl)c2)n1. The fraction of sp³-hybridized carbons (Fsp3) is 0.292. The van der Waals surface area contributed by atoms with Crippen molar-refractivity contribution in [2.24, 2.45) is 0 Å². The van der Waals surface area contributed by atoms with Gasteiger partial charge in [0.15, 0.2) is 6.61 Å². The number of nitrogens with one attached hydrogen (secondary N) is 3. The van der Waals surface area contributed by atoms with E-state index >= 15 is 0 Å². The number of nitrogens with zero attached hydrogens (tertiary/aromatic N) is 1. The van der Waals surface area contributed by atoms with E-state index in [2.05, 4.69) is 20.0 Å². The maximum absolute atomic E-state index is 12.6. The van der Waals surface area contributed by atoms with Crippen molar-refractivity contribution >= 4 is 33.2 Å². The first-order valence-electron chi connectivity index (χ1n) is 11.1. The maximum atomic E-state index is 12.6. The van der Waals surface area contributed by atoms with Crippen LogP contribution in [0.25, 0.3) is 11.4 Å². The molecule has 0 spiro atoms. The number of aromatic amines is 1. The van der Waals surface area contributed by atoms with E-state index < -0.39 is 15.9 Å². The number of halogens is 1. The number of ether oxygens (including phenoxy) is 1. The third-order valence-corrected chi connectivity index (χ3v) is 7.35. The predicted octanol–water partition coefficient (Wildman–Crippen LogP) is 3.64. The van der Waals surface area contributed by atoms with Gasteiger partial charge in [-0.2, -0.15) is 0 Å². The number of H-pyrrole nitrogens is 1. The standard InChI is InChI=1S/C24H25ClN4O5S/c1-15-11-22(30)28-24(26-15)16-5-4-8-18(12-16)27-23(31)14-34-21-10-9-19(13-20(21)25)35(32,33)29-17-6-2-3-7-17/h4-5,8-13,17,29H,2-3,6-7,14H2,1H3,(H,27,31)(H,26,28,30). The van der Waals surface area contributed by atoms with Crippen LogP contribution in [-0.4, -0.2) is 36.9 Å². The quantitative estimate of drug-likeness (QED) is 0.419. The molecule has 1 saturated carbocycles. The number of rotatable bonds is 8. The molecule has 1 aliphatic carbocycles. The average molecular weight is 517 g/mol. The van der Waals surface area contributed by atoms with E-state index in [9.17, 15) is 18.0 Å².